The lowest BCUT2D eigenvalue weighted by Gasteiger charge is -2.09. The minimum atomic E-state index is 0.195. The lowest BCUT2D eigenvalue weighted by Crippen LogP contribution is -2.11. The number of aryl methyl sites for hydroxylation is 1. The van der Waals surface area contributed by atoms with Crippen molar-refractivity contribution in [1.82, 2.24) is 4.57 Å². The van der Waals surface area contributed by atoms with Gasteiger partial charge in [-0.15, -0.1) is 0 Å². The molecule has 0 aliphatic carbocycles. The molecule has 1 aliphatic rings. The van der Waals surface area contributed by atoms with E-state index in [-0.39, 0.29) is 6.04 Å². The molecule has 4 rings (SSSR count). The Hall–Kier alpha value is -2.81. The number of aliphatic imine (C=N–C) groups is 1. The highest BCUT2D eigenvalue weighted by Crippen LogP contribution is 2.17. The second-order valence-corrected chi connectivity index (χ2v) is 6.60. The van der Waals surface area contributed by atoms with Crippen LogP contribution in [0.5, 0.6) is 0 Å². The van der Waals surface area contributed by atoms with Crippen molar-refractivity contribution < 1.29 is 4.74 Å². The van der Waals surface area contributed by atoms with Gasteiger partial charge in [0, 0.05) is 12.7 Å². The van der Waals surface area contributed by atoms with Crippen LogP contribution in [0.15, 0.2) is 77.9 Å². The van der Waals surface area contributed by atoms with Gasteiger partial charge in [-0.3, -0.25) is 0 Å². The van der Waals surface area contributed by atoms with E-state index in [4.69, 9.17) is 9.73 Å². The second kappa shape index (κ2) is 6.98. The van der Waals surface area contributed by atoms with Gasteiger partial charge in [-0.05, 0) is 36.6 Å². The molecule has 0 N–H and O–H groups in total. The summed E-state index contributed by atoms with van der Waals surface area (Å²) in [5.41, 5.74) is 4.92. The van der Waals surface area contributed by atoms with Crippen LogP contribution in [0.25, 0.3) is 0 Å². The van der Waals surface area contributed by atoms with E-state index in [0.29, 0.717) is 6.61 Å². The number of hydrogen-bond donors (Lipinski definition) is 0. The molecule has 0 saturated carbocycles. The monoisotopic (exact) mass is 330 g/mol. The van der Waals surface area contributed by atoms with Gasteiger partial charge >= 0.3 is 0 Å². The van der Waals surface area contributed by atoms with Crippen LogP contribution in [0.3, 0.4) is 0 Å². The van der Waals surface area contributed by atoms with Crippen LogP contribution in [0.4, 0.5) is 0 Å². The molecule has 0 spiro atoms. The first kappa shape index (κ1) is 15.7. The van der Waals surface area contributed by atoms with Crippen molar-refractivity contribution in [3.8, 4) is 0 Å². The van der Waals surface area contributed by atoms with Crippen LogP contribution in [-0.4, -0.2) is 23.1 Å². The third-order valence-corrected chi connectivity index (χ3v) is 4.55. The molecule has 0 amide bonds. The van der Waals surface area contributed by atoms with Crippen molar-refractivity contribution in [1.29, 1.82) is 0 Å². The van der Waals surface area contributed by atoms with Gasteiger partial charge in [0.15, 0.2) is 0 Å². The minimum Gasteiger partial charge on any atom is -0.474 e. The highest BCUT2D eigenvalue weighted by molar-refractivity contribution is 5.93. The molecule has 1 aliphatic heterocycles. The van der Waals surface area contributed by atoms with Gasteiger partial charge in [0.25, 0.3) is 0 Å². The van der Waals surface area contributed by atoms with Gasteiger partial charge < -0.3 is 9.30 Å². The number of hydrogen-bond acceptors (Lipinski definition) is 2. The predicted octanol–water partition coefficient (Wildman–Crippen LogP) is 4.23. The average Bonchev–Trinajstić information content (AvgIpc) is 3.27. The van der Waals surface area contributed by atoms with E-state index < -0.39 is 0 Å². The molecule has 2 heterocycles. The zero-order chi connectivity index (χ0) is 17.1. The van der Waals surface area contributed by atoms with Crippen LogP contribution in [0.1, 0.15) is 22.4 Å². The smallest absolute Gasteiger partial charge is 0.233 e. The average molecular weight is 330 g/mol. The number of ether oxygens (including phenoxy) is 1. The van der Waals surface area contributed by atoms with E-state index in [1.54, 1.807) is 0 Å². The third-order valence-electron chi connectivity index (χ3n) is 4.55. The molecule has 0 bridgehead atoms. The molecule has 25 heavy (non-hydrogen) atoms. The van der Waals surface area contributed by atoms with E-state index in [1.165, 1.54) is 16.7 Å². The number of benzene rings is 2. The second-order valence-electron chi connectivity index (χ2n) is 6.60. The Morgan fingerprint density at radius 3 is 2.56 bits per heavy atom. The summed E-state index contributed by atoms with van der Waals surface area (Å²) < 4.78 is 8.11. The Labute approximate surface area is 148 Å². The van der Waals surface area contributed by atoms with Crippen LogP contribution in [-0.2, 0) is 17.7 Å². The van der Waals surface area contributed by atoms with Gasteiger partial charge in [0.2, 0.25) is 5.90 Å². The molecule has 126 valence electrons. The topological polar surface area (TPSA) is 26.5 Å². The van der Waals surface area contributed by atoms with E-state index in [0.717, 1.165) is 24.6 Å². The SMILES string of the molecule is Cc1ccc(Cn2cccc2C2=N[C@@H](Cc3ccccc3)CO2)cc1. The Morgan fingerprint density at radius 1 is 0.960 bits per heavy atom. The number of aromatic nitrogens is 1. The molecule has 1 atom stereocenters. The van der Waals surface area contributed by atoms with Crippen LogP contribution < -0.4 is 0 Å². The molecule has 3 nitrogen and oxygen atoms in total. The minimum absolute atomic E-state index is 0.195. The largest absolute Gasteiger partial charge is 0.474 e. The summed E-state index contributed by atoms with van der Waals surface area (Å²) in [5, 5.41) is 0. The highest BCUT2D eigenvalue weighted by atomic mass is 16.5. The highest BCUT2D eigenvalue weighted by Gasteiger charge is 2.22. The molecule has 0 radical (unpaired) electrons. The van der Waals surface area contributed by atoms with Crippen molar-refractivity contribution in [3.63, 3.8) is 0 Å². The predicted molar refractivity (Wildman–Crippen MR) is 101 cm³/mol. The van der Waals surface area contributed by atoms with E-state index in [9.17, 15) is 0 Å². The summed E-state index contributed by atoms with van der Waals surface area (Å²) in [5.74, 6) is 0.762. The maximum atomic E-state index is 5.91. The van der Waals surface area contributed by atoms with Gasteiger partial charge in [-0.2, -0.15) is 0 Å². The summed E-state index contributed by atoms with van der Waals surface area (Å²) in [4.78, 5) is 4.82. The van der Waals surface area contributed by atoms with Crippen LogP contribution in [0.2, 0.25) is 0 Å². The zero-order valence-electron chi connectivity index (χ0n) is 14.4. The van der Waals surface area contributed by atoms with Gasteiger partial charge in [0.1, 0.15) is 12.3 Å². The first-order valence-electron chi connectivity index (χ1n) is 8.73. The van der Waals surface area contributed by atoms with Gasteiger partial charge in [-0.25, -0.2) is 4.99 Å². The molecular formula is C22H22N2O. The molecule has 0 saturated heterocycles. The first-order chi connectivity index (χ1) is 12.3. The molecule has 1 aromatic heterocycles. The zero-order valence-corrected chi connectivity index (χ0v) is 14.4. The van der Waals surface area contributed by atoms with E-state index in [1.807, 2.05) is 6.07 Å². The molecule has 3 aromatic rings. The summed E-state index contributed by atoms with van der Waals surface area (Å²) in [7, 11) is 0. The maximum absolute atomic E-state index is 5.91. The Balaban J connectivity index is 1.50. The lowest BCUT2D eigenvalue weighted by atomic mass is 10.1. The molecule has 0 fully saturated rings. The summed E-state index contributed by atoms with van der Waals surface area (Å²) >= 11 is 0. The molecule has 2 aromatic carbocycles. The summed E-state index contributed by atoms with van der Waals surface area (Å²) in [6.45, 7) is 3.59. The molecule has 3 heteroatoms. The normalized spacial score (nSPS) is 16.5. The van der Waals surface area contributed by atoms with Gasteiger partial charge in [-0.1, -0.05) is 60.2 Å². The fourth-order valence-electron chi connectivity index (χ4n) is 3.18. The molecule has 0 unspecified atom stereocenters. The van der Waals surface area contributed by atoms with E-state index in [2.05, 4.69) is 78.4 Å². The van der Waals surface area contributed by atoms with Crippen molar-refractivity contribution in [2.75, 3.05) is 6.61 Å². The van der Waals surface area contributed by atoms with E-state index >= 15 is 0 Å². The number of nitrogens with zero attached hydrogens (tertiary/aromatic N) is 2. The standard InChI is InChI=1S/C22H22N2O/c1-17-9-11-19(12-10-17)15-24-13-5-8-21(24)22-23-20(16-25-22)14-18-6-3-2-4-7-18/h2-13,20H,14-16H2,1H3/t20-/m0/s1. The fraction of sp³-hybridized carbons (Fsp3) is 0.227. The lowest BCUT2D eigenvalue weighted by molar-refractivity contribution is 0.315. The Morgan fingerprint density at radius 2 is 1.76 bits per heavy atom. The molecular weight excluding hydrogens is 308 g/mol. The Bertz CT molecular complexity index is 863. The Kier molecular flexibility index (Phi) is 4.38. The summed E-state index contributed by atoms with van der Waals surface area (Å²) in [6, 6.07) is 23.5. The van der Waals surface area contributed by atoms with Crippen LogP contribution in [0, 0.1) is 6.92 Å². The van der Waals surface area contributed by atoms with Crippen molar-refractivity contribution >= 4 is 5.90 Å². The summed E-state index contributed by atoms with van der Waals surface area (Å²) in [6.07, 6.45) is 3.01. The van der Waals surface area contributed by atoms with Crippen molar-refractivity contribution in [2.24, 2.45) is 4.99 Å². The maximum Gasteiger partial charge on any atom is 0.233 e. The van der Waals surface area contributed by atoms with Crippen molar-refractivity contribution in [2.45, 2.75) is 25.9 Å². The van der Waals surface area contributed by atoms with Crippen molar-refractivity contribution in [3.05, 3.63) is 95.3 Å². The third kappa shape index (κ3) is 3.66. The van der Waals surface area contributed by atoms with Crippen LogP contribution >= 0.6 is 0 Å². The fourth-order valence-corrected chi connectivity index (χ4v) is 3.18. The first-order valence-corrected chi connectivity index (χ1v) is 8.73. The van der Waals surface area contributed by atoms with Gasteiger partial charge in [0.05, 0.1) is 6.04 Å². The number of rotatable bonds is 5. The quantitative estimate of drug-likeness (QED) is 0.687.